The first kappa shape index (κ1) is 26.2. The number of nitrogens with zero attached hydrogens (tertiary/aromatic N) is 6. The lowest BCUT2D eigenvalue weighted by Gasteiger charge is -2.35. The molecule has 2 N–H and O–H groups in total. The quantitative estimate of drug-likeness (QED) is 0.322. The van der Waals surface area contributed by atoms with Crippen molar-refractivity contribution in [1.29, 1.82) is 0 Å². The van der Waals surface area contributed by atoms with E-state index >= 15 is 0 Å². The van der Waals surface area contributed by atoms with Crippen LogP contribution in [0.2, 0.25) is 0 Å². The Morgan fingerprint density at radius 1 is 1.08 bits per heavy atom. The van der Waals surface area contributed by atoms with Crippen LogP contribution in [0.25, 0.3) is 16.9 Å². The Hall–Kier alpha value is -4.44. The molecule has 202 valence electrons. The van der Waals surface area contributed by atoms with Crippen LogP contribution in [-0.4, -0.2) is 70.7 Å². The summed E-state index contributed by atoms with van der Waals surface area (Å²) in [6.07, 6.45) is 4.70. The minimum Gasteiger partial charge on any atom is -0.494 e. The average Bonchev–Trinajstić information content (AvgIpc) is 3.37. The first-order valence-electron chi connectivity index (χ1n) is 13.0. The molecule has 1 saturated heterocycles. The van der Waals surface area contributed by atoms with E-state index in [9.17, 15) is 4.79 Å². The zero-order valence-corrected chi connectivity index (χ0v) is 22.8. The Labute approximate surface area is 228 Å². The van der Waals surface area contributed by atoms with Gasteiger partial charge in [0.25, 0.3) is 0 Å². The van der Waals surface area contributed by atoms with Crippen molar-refractivity contribution in [2.75, 3.05) is 55.9 Å². The van der Waals surface area contributed by atoms with Crippen LogP contribution in [0.1, 0.15) is 25.3 Å². The lowest BCUT2D eigenvalue weighted by Crippen LogP contribution is -2.44. The molecule has 2 aromatic heterocycles. The summed E-state index contributed by atoms with van der Waals surface area (Å²) in [4.78, 5) is 30.6. The van der Waals surface area contributed by atoms with E-state index in [1.165, 1.54) is 11.6 Å². The fourth-order valence-corrected chi connectivity index (χ4v) is 4.63. The van der Waals surface area contributed by atoms with Crippen LogP contribution in [0.4, 0.5) is 23.0 Å². The van der Waals surface area contributed by atoms with Gasteiger partial charge in [-0.15, -0.1) is 0 Å². The molecule has 1 aliphatic heterocycles. The van der Waals surface area contributed by atoms with Crippen molar-refractivity contribution in [3.05, 3.63) is 67.1 Å². The maximum absolute atomic E-state index is 12.3. The topological polar surface area (TPSA) is 100 Å². The van der Waals surface area contributed by atoms with Gasteiger partial charge in [0.1, 0.15) is 17.6 Å². The van der Waals surface area contributed by atoms with Gasteiger partial charge < -0.3 is 25.2 Å². The third kappa shape index (κ3) is 5.56. The van der Waals surface area contributed by atoms with Crippen molar-refractivity contribution < 1.29 is 9.53 Å². The summed E-state index contributed by atoms with van der Waals surface area (Å²) in [5, 5.41) is 6.24. The summed E-state index contributed by atoms with van der Waals surface area (Å²) in [7, 11) is 3.73. The van der Waals surface area contributed by atoms with Gasteiger partial charge in [0.15, 0.2) is 5.65 Å². The third-order valence-corrected chi connectivity index (χ3v) is 6.98. The van der Waals surface area contributed by atoms with E-state index in [2.05, 4.69) is 82.1 Å². The molecule has 39 heavy (non-hydrogen) atoms. The van der Waals surface area contributed by atoms with Gasteiger partial charge in [0, 0.05) is 37.9 Å². The summed E-state index contributed by atoms with van der Waals surface area (Å²) in [6.45, 7) is 11.5. The van der Waals surface area contributed by atoms with Crippen LogP contribution in [-0.2, 0) is 4.79 Å². The number of nitrogens with one attached hydrogen (secondary N) is 2. The van der Waals surface area contributed by atoms with E-state index in [-0.39, 0.29) is 5.91 Å². The standard InChI is InChI=1S/C29H34N8O2/c1-6-27(38)32-22-15-23(26(39-5)16-25(22)36-13-11-35(4)12-14-36)33-29-30-17-24-28(34-29)37(18-31-24)21-9-7-20(8-10-21)19(2)3/h6-10,15-19H,1,11-14H2,2-5H3,(H,32,38)(H,30,33,34). The molecular formula is C29H34N8O2. The minimum absolute atomic E-state index is 0.286. The number of carbonyl (C=O) groups is 1. The molecule has 0 unspecified atom stereocenters. The largest absolute Gasteiger partial charge is 0.494 e. The molecule has 0 bridgehead atoms. The van der Waals surface area contributed by atoms with Crippen molar-refractivity contribution in [2.45, 2.75) is 19.8 Å². The second-order valence-electron chi connectivity index (χ2n) is 9.94. The van der Waals surface area contributed by atoms with Gasteiger partial charge >= 0.3 is 0 Å². The Morgan fingerprint density at radius 2 is 1.82 bits per heavy atom. The zero-order chi connectivity index (χ0) is 27.5. The predicted molar refractivity (Wildman–Crippen MR) is 156 cm³/mol. The molecule has 10 heteroatoms. The third-order valence-electron chi connectivity index (χ3n) is 6.98. The number of amides is 1. The minimum atomic E-state index is -0.286. The summed E-state index contributed by atoms with van der Waals surface area (Å²) in [5.74, 6) is 1.17. The highest BCUT2D eigenvalue weighted by atomic mass is 16.5. The van der Waals surface area contributed by atoms with Gasteiger partial charge in [-0.2, -0.15) is 4.98 Å². The maximum atomic E-state index is 12.3. The monoisotopic (exact) mass is 526 g/mol. The fraction of sp³-hybridized carbons (Fsp3) is 0.310. The molecule has 3 heterocycles. The van der Waals surface area contributed by atoms with Crippen molar-refractivity contribution in [3.8, 4) is 11.4 Å². The number of aromatic nitrogens is 4. The second kappa shape index (κ2) is 11.1. The molecule has 0 radical (unpaired) electrons. The number of fused-ring (bicyclic) bond motifs is 1. The predicted octanol–water partition coefficient (Wildman–Crippen LogP) is 4.57. The number of methoxy groups -OCH3 is 1. The zero-order valence-electron chi connectivity index (χ0n) is 22.8. The highest BCUT2D eigenvalue weighted by Crippen LogP contribution is 2.38. The van der Waals surface area contributed by atoms with Crippen molar-refractivity contribution in [2.24, 2.45) is 0 Å². The first-order valence-corrected chi connectivity index (χ1v) is 13.0. The Bertz CT molecular complexity index is 1490. The van der Waals surface area contributed by atoms with Gasteiger partial charge in [0.2, 0.25) is 11.9 Å². The number of likely N-dealkylation sites (N-methyl/N-ethyl adjacent to an activating group) is 1. The number of benzene rings is 2. The maximum Gasteiger partial charge on any atom is 0.247 e. The molecule has 0 atom stereocenters. The molecule has 1 aliphatic rings. The molecule has 1 fully saturated rings. The van der Waals surface area contributed by atoms with Crippen LogP contribution >= 0.6 is 0 Å². The van der Waals surface area contributed by atoms with Crippen LogP contribution in [0.15, 0.2) is 61.6 Å². The number of hydrogen-bond acceptors (Lipinski definition) is 8. The summed E-state index contributed by atoms with van der Waals surface area (Å²) >= 11 is 0. The van der Waals surface area contributed by atoms with Gasteiger partial charge in [-0.3, -0.25) is 9.36 Å². The number of carbonyl (C=O) groups excluding carboxylic acids is 1. The van der Waals surface area contributed by atoms with E-state index in [0.717, 1.165) is 37.6 Å². The highest BCUT2D eigenvalue weighted by Gasteiger charge is 2.21. The SMILES string of the molecule is C=CC(=O)Nc1cc(Nc2ncc3ncn(-c4ccc(C(C)C)cc4)c3n2)c(OC)cc1N1CCN(C)CC1. The first-order chi connectivity index (χ1) is 18.9. The van der Waals surface area contributed by atoms with Crippen LogP contribution in [0, 0.1) is 0 Å². The van der Waals surface area contributed by atoms with Gasteiger partial charge in [0.05, 0.1) is 30.4 Å². The molecule has 0 aliphatic carbocycles. The van der Waals surface area contributed by atoms with Gasteiger partial charge in [-0.25, -0.2) is 9.97 Å². The van der Waals surface area contributed by atoms with Crippen LogP contribution < -0.4 is 20.3 Å². The van der Waals surface area contributed by atoms with Crippen molar-refractivity contribution >= 4 is 40.1 Å². The normalized spacial score (nSPS) is 14.0. The van der Waals surface area contributed by atoms with Crippen LogP contribution in [0.5, 0.6) is 5.75 Å². The summed E-state index contributed by atoms with van der Waals surface area (Å²) in [6, 6.07) is 12.2. The fourth-order valence-electron chi connectivity index (χ4n) is 4.63. The molecule has 5 rings (SSSR count). The van der Waals surface area contributed by atoms with Gasteiger partial charge in [-0.1, -0.05) is 32.6 Å². The summed E-state index contributed by atoms with van der Waals surface area (Å²) in [5.41, 5.74) is 5.77. The number of ether oxygens (including phenoxy) is 1. The lowest BCUT2D eigenvalue weighted by atomic mass is 10.0. The Morgan fingerprint density at radius 3 is 2.49 bits per heavy atom. The van der Waals surface area contributed by atoms with Gasteiger partial charge in [-0.05, 0) is 42.8 Å². The average molecular weight is 527 g/mol. The molecule has 10 nitrogen and oxygen atoms in total. The molecule has 2 aromatic carbocycles. The second-order valence-corrected chi connectivity index (χ2v) is 9.94. The molecule has 4 aromatic rings. The van der Waals surface area contributed by atoms with E-state index in [1.807, 2.05) is 16.7 Å². The van der Waals surface area contributed by atoms with E-state index < -0.39 is 0 Å². The van der Waals surface area contributed by atoms with Crippen molar-refractivity contribution in [3.63, 3.8) is 0 Å². The number of imidazole rings is 1. The summed E-state index contributed by atoms with van der Waals surface area (Å²) < 4.78 is 7.69. The molecule has 1 amide bonds. The van der Waals surface area contributed by atoms with E-state index in [1.54, 1.807) is 19.6 Å². The number of rotatable bonds is 8. The number of piperazine rings is 1. The molecule has 0 saturated carbocycles. The molecule has 0 spiro atoms. The number of hydrogen-bond donors (Lipinski definition) is 2. The lowest BCUT2D eigenvalue weighted by molar-refractivity contribution is -0.111. The highest BCUT2D eigenvalue weighted by molar-refractivity contribution is 6.02. The molecular weight excluding hydrogens is 492 g/mol. The number of anilines is 4. The smallest absolute Gasteiger partial charge is 0.247 e. The van der Waals surface area contributed by atoms with E-state index in [4.69, 9.17) is 9.72 Å². The van der Waals surface area contributed by atoms with Crippen molar-refractivity contribution in [1.82, 2.24) is 24.4 Å². The van der Waals surface area contributed by atoms with E-state index in [0.29, 0.717) is 40.2 Å². The Balaban J connectivity index is 1.50. The van der Waals surface area contributed by atoms with Crippen LogP contribution in [0.3, 0.4) is 0 Å². The Kier molecular flexibility index (Phi) is 7.47.